The molecule has 2 atom stereocenters. The summed E-state index contributed by atoms with van der Waals surface area (Å²) in [6.45, 7) is 4.18. The lowest BCUT2D eigenvalue weighted by molar-refractivity contribution is 0.0827. The van der Waals surface area contributed by atoms with E-state index in [9.17, 15) is 4.79 Å². The molecule has 18 heavy (non-hydrogen) atoms. The second-order valence-corrected chi connectivity index (χ2v) is 5.50. The highest BCUT2D eigenvalue weighted by molar-refractivity contribution is 7.98. The van der Waals surface area contributed by atoms with Crippen LogP contribution in [-0.4, -0.2) is 41.8 Å². The van der Waals surface area contributed by atoms with Crippen molar-refractivity contribution < 1.29 is 4.79 Å². The smallest absolute Gasteiger partial charge is 0.179 e. The quantitative estimate of drug-likeness (QED) is 0.705. The average molecular weight is 265 g/mol. The third-order valence-electron chi connectivity index (χ3n) is 3.45. The van der Waals surface area contributed by atoms with Crippen LogP contribution in [0.3, 0.4) is 0 Å². The molecule has 1 rings (SSSR count). The maximum absolute atomic E-state index is 12.4. The summed E-state index contributed by atoms with van der Waals surface area (Å²) in [4.78, 5) is 14.6. The van der Waals surface area contributed by atoms with Crippen molar-refractivity contribution in [3.63, 3.8) is 0 Å². The van der Waals surface area contributed by atoms with Crippen LogP contribution in [0, 0.1) is 0 Å². The molecule has 0 saturated carbocycles. The van der Waals surface area contributed by atoms with E-state index < -0.39 is 0 Å². The molecule has 0 N–H and O–H groups in total. The number of Topliss-reactive ketones (excluding diaryl/α,β-unsaturated/α-hetero) is 1. The summed E-state index contributed by atoms with van der Waals surface area (Å²) in [7, 11) is 2.05. The summed E-state index contributed by atoms with van der Waals surface area (Å²) in [6, 6.07) is 9.95. The Labute approximate surface area is 115 Å². The second-order valence-electron chi connectivity index (χ2n) is 4.59. The minimum atomic E-state index is -0.0653. The Morgan fingerprint density at radius 1 is 1.33 bits per heavy atom. The highest BCUT2D eigenvalue weighted by Gasteiger charge is 2.24. The second kappa shape index (κ2) is 7.59. The maximum atomic E-state index is 12.4. The number of hydrogen-bond donors (Lipinski definition) is 0. The molecule has 2 nitrogen and oxygen atoms in total. The van der Waals surface area contributed by atoms with Gasteiger partial charge in [-0.3, -0.25) is 9.69 Å². The molecule has 0 spiro atoms. The van der Waals surface area contributed by atoms with Gasteiger partial charge in [-0.1, -0.05) is 37.3 Å². The van der Waals surface area contributed by atoms with Crippen LogP contribution < -0.4 is 0 Å². The normalized spacial score (nSPS) is 14.5. The number of ketones is 1. The van der Waals surface area contributed by atoms with Crippen molar-refractivity contribution in [3.8, 4) is 0 Å². The first-order chi connectivity index (χ1) is 8.61. The topological polar surface area (TPSA) is 20.3 Å². The number of nitrogens with zero attached hydrogens (tertiary/aromatic N) is 1. The summed E-state index contributed by atoms with van der Waals surface area (Å²) >= 11 is 1.83. The van der Waals surface area contributed by atoms with Crippen molar-refractivity contribution in [1.29, 1.82) is 0 Å². The fourth-order valence-electron chi connectivity index (χ4n) is 2.06. The van der Waals surface area contributed by atoms with E-state index in [1.165, 1.54) is 0 Å². The molecule has 0 aromatic heterocycles. The van der Waals surface area contributed by atoms with Gasteiger partial charge >= 0.3 is 0 Å². The van der Waals surface area contributed by atoms with E-state index >= 15 is 0 Å². The predicted octanol–water partition coefficient (Wildman–Crippen LogP) is 3.33. The van der Waals surface area contributed by atoms with Gasteiger partial charge in [-0.15, -0.1) is 0 Å². The summed E-state index contributed by atoms with van der Waals surface area (Å²) in [5, 5.41) is 0. The molecule has 0 heterocycles. The van der Waals surface area contributed by atoms with Crippen molar-refractivity contribution >= 4 is 17.5 Å². The molecular formula is C15H23NOS. The summed E-state index contributed by atoms with van der Waals surface area (Å²) in [6.07, 6.45) is 3.18. The van der Waals surface area contributed by atoms with Crippen LogP contribution in [-0.2, 0) is 0 Å². The number of likely N-dealkylation sites (N-methyl/N-ethyl adjacent to an activating group) is 1. The van der Waals surface area contributed by atoms with Gasteiger partial charge < -0.3 is 0 Å². The fourth-order valence-corrected chi connectivity index (χ4v) is 2.92. The average Bonchev–Trinajstić information content (AvgIpc) is 2.43. The number of thioether (sulfide) groups is 1. The Hall–Kier alpha value is -0.800. The zero-order valence-corrected chi connectivity index (χ0v) is 12.5. The predicted molar refractivity (Wildman–Crippen MR) is 80.5 cm³/mol. The highest BCUT2D eigenvalue weighted by atomic mass is 32.2. The van der Waals surface area contributed by atoms with Crippen LogP contribution in [0.1, 0.15) is 30.6 Å². The zero-order chi connectivity index (χ0) is 13.5. The number of benzene rings is 1. The summed E-state index contributed by atoms with van der Waals surface area (Å²) in [5.74, 6) is 1.28. The van der Waals surface area contributed by atoms with Crippen LogP contribution in [0.15, 0.2) is 30.3 Å². The summed E-state index contributed by atoms with van der Waals surface area (Å²) < 4.78 is 0. The minimum absolute atomic E-state index is 0.0653. The monoisotopic (exact) mass is 265 g/mol. The minimum Gasteiger partial charge on any atom is -0.293 e. The molecule has 0 saturated heterocycles. The van der Waals surface area contributed by atoms with E-state index in [4.69, 9.17) is 0 Å². The van der Waals surface area contributed by atoms with Crippen molar-refractivity contribution in [2.75, 3.05) is 19.1 Å². The Morgan fingerprint density at radius 2 is 1.94 bits per heavy atom. The van der Waals surface area contributed by atoms with Gasteiger partial charge in [0.25, 0.3) is 0 Å². The third-order valence-corrected chi connectivity index (χ3v) is 4.17. The van der Waals surface area contributed by atoms with Crippen molar-refractivity contribution in [2.45, 2.75) is 32.4 Å². The molecule has 3 heteroatoms. The van der Waals surface area contributed by atoms with Crippen molar-refractivity contribution in [1.82, 2.24) is 4.90 Å². The molecule has 2 unspecified atom stereocenters. The van der Waals surface area contributed by atoms with Gasteiger partial charge in [-0.25, -0.2) is 0 Å². The van der Waals surface area contributed by atoms with E-state index in [0.29, 0.717) is 6.04 Å². The molecule has 0 amide bonds. The largest absolute Gasteiger partial charge is 0.293 e. The molecule has 0 aliphatic rings. The van der Waals surface area contributed by atoms with E-state index in [-0.39, 0.29) is 11.8 Å². The molecule has 0 fully saturated rings. The molecule has 0 aliphatic carbocycles. The maximum Gasteiger partial charge on any atom is 0.179 e. The molecule has 0 aliphatic heterocycles. The first kappa shape index (κ1) is 15.3. The van der Waals surface area contributed by atoms with Gasteiger partial charge in [0.1, 0.15) is 0 Å². The number of carbonyl (C=O) groups excluding carboxylic acids is 1. The number of hydrogen-bond acceptors (Lipinski definition) is 3. The van der Waals surface area contributed by atoms with Gasteiger partial charge in [-0.2, -0.15) is 11.8 Å². The number of rotatable bonds is 7. The van der Waals surface area contributed by atoms with E-state index in [2.05, 4.69) is 25.1 Å². The third kappa shape index (κ3) is 3.85. The van der Waals surface area contributed by atoms with Gasteiger partial charge in [0.05, 0.1) is 6.04 Å². The standard InChI is InChI=1S/C15H23NOS/c1-5-14(11-18-4)16(3)12(2)15(17)13-9-7-6-8-10-13/h6-10,12,14H,5,11H2,1-4H3. The highest BCUT2D eigenvalue weighted by Crippen LogP contribution is 2.14. The van der Waals surface area contributed by atoms with Gasteiger partial charge in [0.2, 0.25) is 0 Å². The van der Waals surface area contributed by atoms with Crippen molar-refractivity contribution in [3.05, 3.63) is 35.9 Å². The first-order valence-corrected chi connectivity index (χ1v) is 7.81. The number of carbonyl (C=O) groups is 1. The van der Waals surface area contributed by atoms with Crippen LogP contribution >= 0.6 is 11.8 Å². The lowest BCUT2D eigenvalue weighted by Gasteiger charge is -2.31. The van der Waals surface area contributed by atoms with Crippen LogP contribution in [0.4, 0.5) is 0 Å². The lowest BCUT2D eigenvalue weighted by atomic mass is 10.0. The van der Waals surface area contributed by atoms with Crippen molar-refractivity contribution in [2.24, 2.45) is 0 Å². The fraction of sp³-hybridized carbons (Fsp3) is 0.533. The molecule has 1 aromatic carbocycles. The van der Waals surface area contributed by atoms with Crippen LogP contribution in [0.5, 0.6) is 0 Å². The van der Waals surface area contributed by atoms with Gasteiger partial charge in [0.15, 0.2) is 5.78 Å². The molecule has 100 valence electrons. The molecule has 1 aromatic rings. The van der Waals surface area contributed by atoms with Crippen LogP contribution in [0.25, 0.3) is 0 Å². The van der Waals surface area contributed by atoms with Crippen LogP contribution in [0.2, 0.25) is 0 Å². The Bertz CT molecular complexity index is 366. The SMILES string of the molecule is CCC(CSC)N(C)C(C)C(=O)c1ccccc1. The Morgan fingerprint density at radius 3 is 2.44 bits per heavy atom. The first-order valence-electron chi connectivity index (χ1n) is 6.41. The lowest BCUT2D eigenvalue weighted by Crippen LogP contribution is -2.44. The molecular weight excluding hydrogens is 242 g/mol. The molecule has 0 radical (unpaired) electrons. The molecule has 0 bridgehead atoms. The zero-order valence-electron chi connectivity index (χ0n) is 11.7. The van der Waals surface area contributed by atoms with E-state index in [1.807, 2.05) is 49.0 Å². The Kier molecular flexibility index (Phi) is 6.44. The van der Waals surface area contributed by atoms with E-state index in [1.54, 1.807) is 0 Å². The summed E-state index contributed by atoms with van der Waals surface area (Å²) in [5.41, 5.74) is 0.802. The Balaban J connectivity index is 2.74. The van der Waals surface area contributed by atoms with E-state index in [0.717, 1.165) is 17.7 Å². The van der Waals surface area contributed by atoms with Gasteiger partial charge in [0, 0.05) is 17.4 Å². The van der Waals surface area contributed by atoms with Gasteiger partial charge in [-0.05, 0) is 26.6 Å².